The number of amides is 2. The van der Waals surface area contributed by atoms with Crippen LogP contribution in [0.2, 0.25) is 0 Å². The van der Waals surface area contributed by atoms with E-state index in [1.165, 1.54) is 19.1 Å². The Morgan fingerprint density at radius 2 is 1.83 bits per heavy atom. The molecule has 0 aliphatic rings. The number of hydrogen-bond acceptors (Lipinski definition) is 3. The van der Waals surface area contributed by atoms with Gasteiger partial charge in [0.2, 0.25) is 11.8 Å². The van der Waals surface area contributed by atoms with Crippen molar-refractivity contribution in [3.05, 3.63) is 52.3 Å². The zero-order chi connectivity index (χ0) is 17.4. The van der Waals surface area contributed by atoms with Gasteiger partial charge in [0.25, 0.3) is 5.56 Å². The van der Waals surface area contributed by atoms with E-state index in [4.69, 9.17) is 0 Å². The van der Waals surface area contributed by atoms with E-state index < -0.39 is 0 Å². The van der Waals surface area contributed by atoms with Crippen molar-refractivity contribution < 1.29 is 9.59 Å². The number of rotatable bonds is 7. The molecule has 0 unspecified atom stereocenters. The first-order valence-electron chi connectivity index (χ1n) is 7.88. The molecule has 126 valence electrons. The van der Waals surface area contributed by atoms with E-state index in [-0.39, 0.29) is 17.4 Å². The Morgan fingerprint density at radius 1 is 1.12 bits per heavy atom. The fourth-order valence-electron chi connectivity index (χ4n) is 2.24. The highest BCUT2D eigenvalue weighted by Gasteiger charge is 2.01. The Bertz CT molecular complexity index is 809. The summed E-state index contributed by atoms with van der Waals surface area (Å²) in [5, 5.41) is 6.36. The maximum atomic E-state index is 12.0. The van der Waals surface area contributed by atoms with Gasteiger partial charge in [-0.25, -0.2) is 0 Å². The SMILES string of the molecule is CC(=O)NCCCCNC(=O)/C=C/c1cc2ccccc2[nH]c1=O. The highest BCUT2D eigenvalue weighted by molar-refractivity contribution is 5.92. The average molecular weight is 327 g/mol. The number of aromatic nitrogens is 1. The molecule has 2 amide bonds. The predicted octanol–water partition coefficient (Wildman–Crippen LogP) is 1.57. The second-order valence-corrected chi connectivity index (χ2v) is 5.46. The molecule has 0 aliphatic heterocycles. The van der Waals surface area contributed by atoms with E-state index in [1.807, 2.05) is 24.3 Å². The van der Waals surface area contributed by atoms with Crippen LogP contribution in [0, 0.1) is 0 Å². The molecule has 1 aromatic carbocycles. The summed E-state index contributed by atoms with van der Waals surface area (Å²) in [6.07, 6.45) is 4.44. The first-order chi connectivity index (χ1) is 11.6. The Kier molecular flexibility index (Phi) is 6.31. The largest absolute Gasteiger partial charge is 0.356 e. The van der Waals surface area contributed by atoms with Gasteiger partial charge in [-0.15, -0.1) is 0 Å². The number of nitrogens with one attached hydrogen (secondary N) is 3. The molecule has 1 heterocycles. The number of hydrogen-bond donors (Lipinski definition) is 3. The van der Waals surface area contributed by atoms with Gasteiger partial charge < -0.3 is 15.6 Å². The second-order valence-electron chi connectivity index (χ2n) is 5.46. The van der Waals surface area contributed by atoms with Crippen LogP contribution in [-0.4, -0.2) is 29.9 Å². The van der Waals surface area contributed by atoms with E-state index in [2.05, 4.69) is 15.6 Å². The summed E-state index contributed by atoms with van der Waals surface area (Å²) in [7, 11) is 0. The zero-order valence-corrected chi connectivity index (χ0v) is 13.6. The van der Waals surface area contributed by atoms with E-state index in [0.29, 0.717) is 18.7 Å². The fraction of sp³-hybridized carbons (Fsp3) is 0.278. The molecular weight excluding hydrogens is 306 g/mol. The van der Waals surface area contributed by atoms with Crippen molar-refractivity contribution in [1.29, 1.82) is 0 Å². The van der Waals surface area contributed by atoms with Gasteiger partial charge in [-0.05, 0) is 36.4 Å². The minimum absolute atomic E-state index is 0.0532. The smallest absolute Gasteiger partial charge is 0.255 e. The lowest BCUT2D eigenvalue weighted by Gasteiger charge is -2.03. The fourth-order valence-corrected chi connectivity index (χ4v) is 2.24. The van der Waals surface area contributed by atoms with Crippen molar-refractivity contribution in [2.45, 2.75) is 19.8 Å². The Labute approximate surface area is 140 Å². The van der Waals surface area contributed by atoms with Crippen molar-refractivity contribution in [2.24, 2.45) is 0 Å². The third-order valence-corrected chi connectivity index (χ3v) is 3.47. The topological polar surface area (TPSA) is 91.1 Å². The molecule has 6 heteroatoms. The number of benzene rings is 1. The normalized spacial score (nSPS) is 10.9. The highest BCUT2D eigenvalue weighted by atomic mass is 16.2. The summed E-state index contributed by atoms with van der Waals surface area (Å²) in [5.41, 5.74) is 0.978. The number of aromatic amines is 1. The Hall–Kier alpha value is -2.89. The van der Waals surface area contributed by atoms with E-state index in [9.17, 15) is 14.4 Å². The van der Waals surface area contributed by atoms with Crippen LogP contribution in [-0.2, 0) is 9.59 Å². The van der Waals surface area contributed by atoms with Crippen molar-refractivity contribution in [1.82, 2.24) is 15.6 Å². The quantitative estimate of drug-likeness (QED) is 0.532. The van der Waals surface area contributed by atoms with Gasteiger partial charge in [-0.3, -0.25) is 14.4 Å². The van der Waals surface area contributed by atoms with Gasteiger partial charge in [0.05, 0.1) is 0 Å². The molecule has 2 aromatic rings. The second kappa shape index (κ2) is 8.67. The van der Waals surface area contributed by atoms with Crippen LogP contribution < -0.4 is 16.2 Å². The standard InChI is InChI=1S/C18H21N3O3/c1-13(22)19-10-4-5-11-20-17(23)9-8-15-12-14-6-2-3-7-16(14)21-18(15)24/h2-3,6-9,12H,4-5,10-11H2,1H3,(H,19,22)(H,20,23)(H,21,24)/b9-8+. The van der Waals surface area contributed by atoms with Crippen LogP contribution in [0.3, 0.4) is 0 Å². The lowest BCUT2D eigenvalue weighted by molar-refractivity contribution is -0.119. The van der Waals surface area contributed by atoms with Crippen LogP contribution in [0.25, 0.3) is 17.0 Å². The number of fused-ring (bicyclic) bond motifs is 1. The van der Waals surface area contributed by atoms with Gasteiger partial charge in [0.15, 0.2) is 0 Å². The summed E-state index contributed by atoms with van der Waals surface area (Å²) in [6, 6.07) is 9.23. The number of para-hydroxylation sites is 1. The highest BCUT2D eigenvalue weighted by Crippen LogP contribution is 2.10. The Balaban J connectivity index is 1.84. The summed E-state index contributed by atoms with van der Waals surface area (Å²) in [6.45, 7) is 2.60. The van der Waals surface area contributed by atoms with Crippen LogP contribution >= 0.6 is 0 Å². The van der Waals surface area contributed by atoms with E-state index in [0.717, 1.165) is 23.7 Å². The molecule has 0 atom stereocenters. The summed E-state index contributed by atoms with van der Waals surface area (Å²) >= 11 is 0. The third kappa shape index (κ3) is 5.39. The first-order valence-corrected chi connectivity index (χ1v) is 7.88. The predicted molar refractivity (Wildman–Crippen MR) is 94.5 cm³/mol. The summed E-state index contributed by atoms with van der Waals surface area (Å²) in [5.74, 6) is -0.301. The molecule has 24 heavy (non-hydrogen) atoms. The molecule has 0 fully saturated rings. The van der Waals surface area contributed by atoms with Crippen LogP contribution in [0.1, 0.15) is 25.3 Å². The molecule has 0 spiro atoms. The third-order valence-electron chi connectivity index (χ3n) is 3.47. The minimum atomic E-state index is -0.248. The summed E-state index contributed by atoms with van der Waals surface area (Å²) in [4.78, 5) is 37.2. The maximum Gasteiger partial charge on any atom is 0.255 e. The molecule has 0 saturated carbocycles. The van der Waals surface area contributed by atoms with E-state index >= 15 is 0 Å². The average Bonchev–Trinajstić information content (AvgIpc) is 2.55. The van der Waals surface area contributed by atoms with Crippen LogP contribution in [0.5, 0.6) is 0 Å². The van der Waals surface area contributed by atoms with Crippen LogP contribution in [0.4, 0.5) is 0 Å². The number of unbranched alkanes of at least 4 members (excludes halogenated alkanes) is 1. The molecule has 2 rings (SSSR count). The van der Waals surface area contributed by atoms with Gasteiger partial charge in [-0.1, -0.05) is 18.2 Å². The van der Waals surface area contributed by atoms with Crippen molar-refractivity contribution in [3.63, 3.8) is 0 Å². The molecule has 0 saturated heterocycles. The van der Waals surface area contributed by atoms with Crippen molar-refractivity contribution in [3.8, 4) is 0 Å². The first kappa shape index (κ1) is 17.5. The number of pyridine rings is 1. The van der Waals surface area contributed by atoms with Gasteiger partial charge >= 0.3 is 0 Å². The lowest BCUT2D eigenvalue weighted by atomic mass is 10.1. The lowest BCUT2D eigenvalue weighted by Crippen LogP contribution is -2.25. The number of H-pyrrole nitrogens is 1. The minimum Gasteiger partial charge on any atom is -0.356 e. The van der Waals surface area contributed by atoms with Crippen LogP contribution in [0.15, 0.2) is 41.2 Å². The van der Waals surface area contributed by atoms with Gasteiger partial charge in [0.1, 0.15) is 0 Å². The maximum absolute atomic E-state index is 12.0. The van der Waals surface area contributed by atoms with Gasteiger partial charge in [0, 0.05) is 37.2 Å². The molecule has 6 nitrogen and oxygen atoms in total. The van der Waals surface area contributed by atoms with Crippen molar-refractivity contribution >= 4 is 28.8 Å². The molecule has 0 radical (unpaired) electrons. The molecular formula is C18H21N3O3. The number of carbonyl (C=O) groups is 2. The molecule has 0 bridgehead atoms. The molecule has 1 aromatic heterocycles. The number of carbonyl (C=O) groups excluding carboxylic acids is 2. The monoisotopic (exact) mass is 327 g/mol. The Morgan fingerprint density at radius 3 is 2.58 bits per heavy atom. The van der Waals surface area contributed by atoms with E-state index in [1.54, 1.807) is 6.07 Å². The molecule has 0 aliphatic carbocycles. The zero-order valence-electron chi connectivity index (χ0n) is 13.6. The molecule has 3 N–H and O–H groups in total. The summed E-state index contributed by atoms with van der Waals surface area (Å²) < 4.78 is 0. The van der Waals surface area contributed by atoms with Gasteiger partial charge in [-0.2, -0.15) is 0 Å². The van der Waals surface area contributed by atoms with Crippen molar-refractivity contribution in [2.75, 3.05) is 13.1 Å².